The van der Waals surface area contributed by atoms with Crippen LogP contribution in [0.2, 0.25) is 0 Å². The lowest BCUT2D eigenvalue weighted by Crippen LogP contribution is -1.97. The topological polar surface area (TPSA) is 30.2 Å². The molecule has 1 aliphatic carbocycles. The number of allylic oxidation sites excluding steroid dienone is 3. The Morgan fingerprint density at radius 3 is 2.87 bits per heavy atom. The van der Waals surface area contributed by atoms with Crippen LogP contribution in [0.5, 0.6) is 0 Å². The van der Waals surface area contributed by atoms with E-state index in [2.05, 4.69) is 0 Å². The van der Waals surface area contributed by atoms with Gasteiger partial charge in [-0.05, 0) is 36.1 Å². The molecule has 0 amide bonds. The fraction of sp³-hybridized carbons (Fsp3) is 0.182. The number of fused-ring (bicyclic) bond motifs is 1. The van der Waals surface area contributed by atoms with Crippen molar-refractivity contribution < 1.29 is 4.42 Å². The van der Waals surface area contributed by atoms with Gasteiger partial charge in [-0.25, -0.2) is 4.79 Å². The molecule has 78 valence electrons. The summed E-state index contributed by atoms with van der Waals surface area (Å²) in [5.41, 5.74) is 1.68. The smallest absolute Gasteiger partial charge is 0.336 e. The SMILES string of the molecule is O=c1ccc2c(o1)/C(=C\C=C(Cl)Cl)CC2. The Hall–Kier alpha value is -0.990. The van der Waals surface area contributed by atoms with Crippen molar-refractivity contribution in [1.29, 1.82) is 0 Å². The fourth-order valence-electron chi connectivity index (χ4n) is 1.62. The third-order valence-corrected chi connectivity index (χ3v) is 2.53. The molecule has 0 spiro atoms. The Labute approximate surface area is 96.8 Å². The number of hydrogen-bond donors (Lipinski definition) is 0. The maximum absolute atomic E-state index is 11.1. The third kappa shape index (κ3) is 2.33. The van der Waals surface area contributed by atoms with Crippen LogP contribution in [-0.4, -0.2) is 0 Å². The average Bonchev–Trinajstić information content (AvgIpc) is 2.57. The monoisotopic (exact) mass is 242 g/mol. The van der Waals surface area contributed by atoms with E-state index < -0.39 is 0 Å². The molecule has 0 fully saturated rings. The Morgan fingerprint density at radius 1 is 1.33 bits per heavy atom. The first-order valence-electron chi connectivity index (χ1n) is 4.52. The highest BCUT2D eigenvalue weighted by molar-refractivity contribution is 6.56. The maximum atomic E-state index is 11.1. The van der Waals surface area contributed by atoms with E-state index in [-0.39, 0.29) is 10.1 Å². The molecule has 0 saturated heterocycles. The predicted molar refractivity (Wildman–Crippen MR) is 61.1 cm³/mol. The van der Waals surface area contributed by atoms with Crippen LogP contribution < -0.4 is 5.63 Å². The van der Waals surface area contributed by atoms with E-state index in [0.29, 0.717) is 5.76 Å². The number of aryl methyl sites for hydroxylation is 1. The van der Waals surface area contributed by atoms with Crippen molar-refractivity contribution in [1.82, 2.24) is 0 Å². The summed E-state index contributed by atoms with van der Waals surface area (Å²) in [4.78, 5) is 11.1. The second-order valence-electron chi connectivity index (χ2n) is 3.26. The highest BCUT2D eigenvalue weighted by Crippen LogP contribution is 2.31. The molecular formula is C11H8Cl2O2. The molecule has 0 bridgehead atoms. The van der Waals surface area contributed by atoms with Gasteiger partial charge in [-0.2, -0.15) is 0 Å². The Kier molecular flexibility index (Phi) is 2.98. The van der Waals surface area contributed by atoms with Gasteiger partial charge in [-0.15, -0.1) is 0 Å². The van der Waals surface area contributed by atoms with Crippen molar-refractivity contribution in [3.8, 4) is 0 Å². The zero-order chi connectivity index (χ0) is 10.8. The normalized spacial score (nSPS) is 16.5. The lowest BCUT2D eigenvalue weighted by molar-refractivity contribution is 0.496. The van der Waals surface area contributed by atoms with Crippen LogP contribution in [0.3, 0.4) is 0 Å². The van der Waals surface area contributed by atoms with E-state index in [1.54, 1.807) is 18.2 Å². The van der Waals surface area contributed by atoms with Gasteiger partial charge in [0.2, 0.25) is 0 Å². The molecule has 1 aliphatic rings. The molecule has 1 aromatic rings. The number of halogens is 2. The lowest BCUT2D eigenvalue weighted by atomic mass is 10.2. The summed E-state index contributed by atoms with van der Waals surface area (Å²) >= 11 is 11.0. The minimum atomic E-state index is -0.331. The second-order valence-corrected chi connectivity index (χ2v) is 4.26. The van der Waals surface area contributed by atoms with Crippen molar-refractivity contribution in [2.75, 3.05) is 0 Å². The van der Waals surface area contributed by atoms with Crippen LogP contribution >= 0.6 is 23.2 Å². The molecule has 2 nitrogen and oxygen atoms in total. The van der Waals surface area contributed by atoms with Gasteiger partial charge in [0.05, 0.1) is 0 Å². The van der Waals surface area contributed by atoms with Gasteiger partial charge < -0.3 is 4.42 Å². The van der Waals surface area contributed by atoms with E-state index >= 15 is 0 Å². The van der Waals surface area contributed by atoms with Crippen LogP contribution in [0, 0.1) is 0 Å². The molecule has 0 unspecified atom stereocenters. The van der Waals surface area contributed by atoms with Crippen molar-refractivity contribution in [2.45, 2.75) is 12.8 Å². The Bertz CT molecular complexity index is 494. The summed E-state index contributed by atoms with van der Waals surface area (Å²) in [5.74, 6) is 0.660. The largest absolute Gasteiger partial charge is 0.423 e. The summed E-state index contributed by atoms with van der Waals surface area (Å²) in [6, 6.07) is 3.24. The third-order valence-electron chi connectivity index (χ3n) is 2.28. The van der Waals surface area contributed by atoms with Gasteiger partial charge in [-0.1, -0.05) is 29.3 Å². The number of hydrogen-bond acceptors (Lipinski definition) is 2. The van der Waals surface area contributed by atoms with Gasteiger partial charge in [0.15, 0.2) is 0 Å². The van der Waals surface area contributed by atoms with Crippen LogP contribution in [0.25, 0.3) is 5.57 Å². The minimum Gasteiger partial charge on any atom is -0.423 e. The zero-order valence-electron chi connectivity index (χ0n) is 7.80. The molecule has 0 N–H and O–H groups in total. The second kappa shape index (κ2) is 4.25. The molecule has 0 atom stereocenters. The summed E-state index contributed by atoms with van der Waals surface area (Å²) in [7, 11) is 0. The zero-order valence-corrected chi connectivity index (χ0v) is 9.31. The number of rotatable bonds is 1. The predicted octanol–water partition coefficient (Wildman–Crippen LogP) is 3.29. The molecule has 2 rings (SSSR count). The first kappa shape index (κ1) is 10.5. The van der Waals surface area contributed by atoms with E-state index in [4.69, 9.17) is 27.6 Å². The quantitative estimate of drug-likeness (QED) is 0.757. The Balaban J connectivity index is 2.44. The summed E-state index contributed by atoms with van der Waals surface area (Å²) in [5, 5.41) is 0. The van der Waals surface area contributed by atoms with E-state index in [1.165, 1.54) is 6.07 Å². The van der Waals surface area contributed by atoms with Crippen molar-refractivity contribution >= 4 is 28.8 Å². The molecule has 4 heteroatoms. The minimum absolute atomic E-state index is 0.189. The molecule has 1 aromatic heterocycles. The van der Waals surface area contributed by atoms with Crippen molar-refractivity contribution in [3.63, 3.8) is 0 Å². The first-order valence-corrected chi connectivity index (χ1v) is 5.27. The standard InChI is InChI=1S/C11H8Cl2O2/c12-9(13)5-3-7-1-2-8-4-6-10(14)15-11(7)8/h3-6H,1-2H2/b7-3-. The average molecular weight is 243 g/mol. The molecule has 1 heterocycles. The molecular weight excluding hydrogens is 235 g/mol. The summed E-state index contributed by atoms with van der Waals surface area (Å²) in [6.45, 7) is 0. The van der Waals surface area contributed by atoms with Crippen molar-refractivity contribution in [2.24, 2.45) is 0 Å². The van der Waals surface area contributed by atoms with Crippen molar-refractivity contribution in [3.05, 3.63) is 50.5 Å². The summed E-state index contributed by atoms with van der Waals surface area (Å²) in [6.07, 6.45) is 5.10. The van der Waals surface area contributed by atoms with Gasteiger partial charge >= 0.3 is 5.63 Å². The maximum Gasteiger partial charge on any atom is 0.336 e. The highest BCUT2D eigenvalue weighted by atomic mass is 35.5. The molecule has 0 saturated carbocycles. The lowest BCUT2D eigenvalue weighted by Gasteiger charge is -1.96. The first-order chi connectivity index (χ1) is 7.16. The highest BCUT2D eigenvalue weighted by Gasteiger charge is 2.18. The molecule has 0 aliphatic heterocycles. The van der Waals surface area contributed by atoms with E-state index in [0.717, 1.165) is 24.0 Å². The van der Waals surface area contributed by atoms with Crippen LogP contribution in [-0.2, 0) is 6.42 Å². The summed E-state index contributed by atoms with van der Waals surface area (Å²) < 4.78 is 5.31. The van der Waals surface area contributed by atoms with Gasteiger partial charge in [-0.3, -0.25) is 0 Å². The van der Waals surface area contributed by atoms with Gasteiger partial charge in [0, 0.05) is 6.07 Å². The van der Waals surface area contributed by atoms with E-state index in [1.807, 2.05) is 0 Å². The van der Waals surface area contributed by atoms with Crippen LogP contribution in [0.1, 0.15) is 17.7 Å². The molecule has 0 radical (unpaired) electrons. The van der Waals surface area contributed by atoms with E-state index in [9.17, 15) is 4.79 Å². The van der Waals surface area contributed by atoms with Gasteiger partial charge in [0.25, 0.3) is 0 Å². The van der Waals surface area contributed by atoms with Crippen LogP contribution in [0.15, 0.2) is 38.0 Å². The Morgan fingerprint density at radius 2 is 2.13 bits per heavy atom. The molecule has 0 aromatic carbocycles. The molecule has 15 heavy (non-hydrogen) atoms. The van der Waals surface area contributed by atoms with Crippen LogP contribution in [0.4, 0.5) is 0 Å². The fourth-order valence-corrected chi connectivity index (χ4v) is 1.74. The van der Waals surface area contributed by atoms with Gasteiger partial charge in [0.1, 0.15) is 10.3 Å².